The van der Waals surface area contributed by atoms with Gasteiger partial charge in [0.2, 0.25) is 5.91 Å². The number of hydrogen-bond donors (Lipinski definition) is 2. The van der Waals surface area contributed by atoms with Crippen molar-refractivity contribution < 1.29 is 14.6 Å². The van der Waals surface area contributed by atoms with E-state index >= 15 is 0 Å². The number of nitrogens with zero attached hydrogens (tertiary/aromatic N) is 3. The van der Waals surface area contributed by atoms with Gasteiger partial charge in [0.15, 0.2) is 0 Å². The summed E-state index contributed by atoms with van der Waals surface area (Å²) in [5.41, 5.74) is 0.461. The van der Waals surface area contributed by atoms with Gasteiger partial charge in [0.05, 0.1) is 32.4 Å². The van der Waals surface area contributed by atoms with Gasteiger partial charge in [0, 0.05) is 13.0 Å². The summed E-state index contributed by atoms with van der Waals surface area (Å²) in [6.07, 6.45) is 2.27. The Hall–Kier alpha value is -2.25. The summed E-state index contributed by atoms with van der Waals surface area (Å²) >= 11 is 0. The number of H-pyrrole nitrogens is 1. The molecule has 3 rings (SSSR count). The number of hydrogen-bond acceptors (Lipinski definition) is 5. The monoisotopic (exact) mass is 316 g/mol. The predicted molar refractivity (Wildman–Crippen MR) is 82.2 cm³/mol. The summed E-state index contributed by atoms with van der Waals surface area (Å²) in [5, 5.41) is 20.7. The molecule has 0 aliphatic carbocycles. The van der Waals surface area contributed by atoms with Gasteiger partial charge >= 0.3 is 0 Å². The van der Waals surface area contributed by atoms with E-state index in [1.807, 2.05) is 30.3 Å². The molecule has 0 saturated carbocycles. The molecule has 0 radical (unpaired) electrons. The largest absolute Gasteiger partial charge is 0.381 e. The molecule has 1 fully saturated rings. The predicted octanol–water partition coefficient (Wildman–Crippen LogP) is 0.832. The van der Waals surface area contributed by atoms with Gasteiger partial charge in [-0.05, 0) is 5.56 Å². The number of aromatic nitrogens is 3. The van der Waals surface area contributed by atoms with Crippen LogP contribution in [-0.2, 0) is 21.7 Å². The second-order valence-corrected chi connectivity index (χ2v) is 5.74. The van der Waals surface area contributed by atoms with Gasteiger partial charge in [-0.25, -0.2) is 0 Å². The van der Waals surface area contributed by atoms with Crippen molar-refractivity contribution in [2.45, 2.75) is 25.0 Å². The first-order chi connectivity index (χ1) is 11.2. The molecule has 1 aromatic carbocycles. The number of carbonyl (C=O) groups is 1. The molecule has 1 aliphatic heterocycles. The summed E-state index contributed by atoms with van der Waals surface area (Å²) in [5.74, 6) is -0.0162. The smallest absolute Gasteiger partial charge is 0.225 e. The van der Waals surface area contributed by atoms with Gasteiger partial charge < -0.3 is 14.7 Å². The van der Waals surface area contributed by atoms with Gasteiger partial charge in [-0.15, -0.1) is 0 Å². The lowest BCUT2D eigenvalue weighted by atomic mass is 10.0. The third kappa shape index (κ3) is 3.75. The number of nitrogens with one attached hydrogen (secondary N) is 1. The Balaban J connectivity index is 1.43. The van der Waals surface area contributed by atoms with Crippen LogP contribution in [-0.4, -0.2) is 51.0 Å². The Morgan fingerprint density at radius 3 is 2.96 bits per heavy atom. The van der Waals surface area contributed by atoms with Crippen molar-refractivity contribution in [2.24, 2.45) is 0 Å². The van der Waals surface area contributed by atoms with Crippen LogP contribution in [0.1, 0.15) is 24.1 Å². The minimum absolute atomic E-state index is 0.0162. The standard InChI is InChI=1S/C16H20N4O3/c21-15(6-9-23-11-13-4-2-1-3-5-13)20-8-7-16(22,12-20)14-10-17-19-18-14/h1-5,10,22H,6-9,11-12H2,(H,17,18,19)/t16-/m0/s1. The fourth-order valence-electron chi connectivity index (χ4n) is 2.72. The normalized spacial score (nSPS) is 20.8. The molecule has 23 heavy (non-hydrogen) atoms. The van der Waals surface area contributed by atoms with Gasteiger partial charge in [0.1, 0.15) is 11.3 Å². The van der Waals surface area contributed by atoms with E-state index in [4.69, 9.17) is 4.74 Å². The van der Waals surface area contributed by atoms with Crippen molar-refractivity contribution in [1.29, 1.82) is 0 Å². The SMILES string of the molecule is O=C(CCOCc1ccccc1)N1CC[C@@](O)(c2cn[nH]n2)C1. The second kappa shape index (κ2) is 6.89. The zero-order chi connectivity index (χ0) is 16.1. The Morgan fingerprint density at radius 2 is 2.22 bits per heavy atom. The zero-order valence-electron chi connectivity index (χ0n) is 12.8. The number of aromatic amines is 1. The molecular formula is C16H20N4O3. The summed E-state index contributed by atoms with van der Waals surface area (Å²) in [4.78, 5) is 13.9. The molecule has 1 aromatic heterocycles. The quantitative estimate of drug-likeness (QED) is 0.770. The van der Waals surface area contributed by atoms with Crippen LogP contribution in [0.2, 0.25) is 0 Å². The molecule has 2 N–H and O–H groups in total. The van der Waals surface area contributed by atoms with Crippen LogP contribution >= 0.6 is 0 Å². The van der Waals surface area contributed by atoms with E-state index in [1.54, 1.807) is 4.90 Å². The van der Waals surface area contributed by atoms with Gasteiger partial charge in [-0.1, -0.05) is 30.3 Å². The molecule has 1 aliphatic rings. The minimum Gasteiger partial charge on any atom is -0.381 e. The fourth-order valence-corrected chi connectivity index (χ4v) is 2.72. The number of carbonyl (C=O) groups excluding carboxylic acids is 1. The Bertz CT molecular complexity index is 632. The fraction of sp³-hybridized carbons (Fsp3) is 0.438. The van der Waals surface area contributed by atoms with Crippen LogP contribution in [0, 0.1) is 0 Å². The highest BCUT2D eigenvalue weighted by molar-refractivity contribution is 5.76. The summed E-state index contributed by atoms with van der Waals surface area (Å²) in [6, 6.07) is 9.84. The number of ether oxygens (including phenoxy) is 1. The van der Waals surface area contributed by atoms with Gasteiger partial charge in [-0.3, -0.25) is 4.79 Å². The van der Waals surface area contributed by atoms with Crippen LogP contribution in [0.25, 0.3) is 0 Å². The van der Waals surface area contributed by atoms with E-state index in [0.717, 1.165) is 5.56 Å². The number of likely N-dealkylation sites (tertiary alicyclic amines) is 1. The topological polar surface area (TPSA) is 91.3 Å². The first kappa shape index (κ1) is 15.6. The zero-order valence-corrected chi connectivity index (χ0v) is 12.8. The van der Waals surface area contributed by atoms with Crippen molar-refractivity contribution in [3.8, 4) is 0 Å². The lowest BCUT2D eigenvalue weighted by Gasteiger charge is -2.21. The van der Waals surface area contributed by atoms with E-state index in [1.165, 1.54) is 6.20 Å². The molecule has 0 bridgehead atoms. The Kier molecular flexibility index (Phi) is 4.68. The minimum atomic E-state index is -1.10. The van der Waals surface area contributed by atoms with Crippen molar-refractivity contribution in [1.82, 2.24) is 20.3 Å². The van der Waals surface area contributed by atoms with Crippen molar-refractivity contribution in [2.75, 3.05) is 19.7 Å². The third-order valence-corrected chi connectivity index (χ3v) is 4.06. The lowest BCUT2D eigenvalue weighted by Crippen LogP contribution is -2.35. The maximum Gasteiger partial charge on any atom is 0.225 e. The second-order valence-electron chi connectivity index (χ2n) is 5.74. The molecule has 122 valence electrons. The summed E-state index contributed by atoms with van der Waals surface area (Å²) < 4.78 is 5.54. The average molecular weight is 316 g/mol. The van der Waals surface area contributed by atoms with E-state index in [-0.39, 0.29) is 12.5 Å². The maximum absolute atomic E-state index is 12.2. The number of benzene rings is 1. The van der Waals surface area contributed by atoms with Crippen LogP contribution in [0.3, 0.4) is 0 Å². The Labute approximate surface area is 134 Å². The number of amides is 1. The molecule has 1 saturated heterocycles. The molecule has 1 atom stereocenters. The highest BCUT2D eigenvalue weighted by Gasteiger charge is 2.41. The highest BCUT2D eigenvalue weighted by Crippen LogP contribution is 2.30. The summed E-state index contributed by atoms with van der Waals surface area (Å²) in [7, 11) is 0. The van der Waals surface area contributed by atoms with Gasteiger partial charge in [0.25, 0.3) is 0 Å². The highest BCUT2D eigenvalue weighted by atomic mass is 16.5. The number of aliphatic hydroxyl groups is 1. The van der Waals surface area contributed by atoms with Crippen LogP contribution in [0.4, 0.5) is 0 Å². The molecule has 2 aromatic rings. The number of rotatable bonds is 6. The van der Waals surface area contributed by atoms with E-state index < -0.39 is 5.60 Å². The van der Waals surface area contributed by atoms with Crippen molar-refractivity contribution in [3.63, 3.8) is 0 Å². The molecule has 0 unspecified atom stereocenters. The third-order valence-electron chi connectivity index (χ3n) is 4.06. The van der Waals surface area contributed by atoms with Crippen molar-refractivity contribution in [3.05, 3.63) is 47.8 Å². The van der Waals surface area contributed by atoms with Crippen LogP contribution in [0.5, 0.6) is 0 Å². The Morgan fingerprint density at radius 1 is 1.39 bits per heavy atom. The molecule has 1 amide bonds. The van der Waals surface area contributed by atoms with E-state index in [2.05, 4.69) is 15.4 Å². The summed E-state index contributed by atoms with van der Waals surface area (Å²) in [6.45, 7) is 1.63. The number of β-amino-alcohol motifs (C(OH)–C–C–N with tert-alkyl or cyclic N) is 1. The molecule has 0 spiro atoms. The van der Waals surface area contributed by atoms with E-state index in [9.17, 15) is 9.90 Å². The first-order valence-corrected chi connectivity index (χ1v) is 7.65. The molecular weight excluding hydrogens is 296 g/mol. The van der Waals surface area contributed by atoms with Crippen LogP contribution in [0.15, 0.2) is 36.5 Å². The molecule has 2 heterocycles. The van der Waals surface area contributed by atoms with Crippen LogP contribution < -0.4 is 0 Å². The van der Waals surface area contributed by atoms with Gasteiger partial charge in [-0.2, -0.15) is 15.4 Å². The molecule has 7 heteroatoms. The first-order valence-electron chi connectivity index (χ1n) is 7.65. The van der Waals surface area contributed by atoms with E-state index in [0.29, 0.717) is 38.3 Å². The van der Waals surface area contributed by atoms with Crippen molar-refractivity contribution >= 4 is 5.91 Å². The lowest BCUT2D eigenvalue weighted by molar-refractivity contribution is -0.132. The maximum atomic E-state index is 12.2. The average Bonchev–Trinajstić information content (AvgIpc) is 3.23. The molecule has 7 nitrogen and oxygen atoms in total.